The van der Waals surface area contributed by atoms with Crippen LogP contribution in [0.5, 0.6) is 0 Å². The summed E-state index contributed by atoms with van der Waals surface area (Å²) in [5, 5.41) is 12.4. The topological polar surface area (TPSA) is 20.2 Å². The lowest BCUT2D eigenvalue weighted by atomic mass is 9.78. The molecule has 2 rings (SSSR count). The molecule has 1 aromatic heterocycles. The zero-order chi connectivity index (χ0) is 10.8. The zero-order valence-corrected chi connectivity index (χ0v) is 10.4. The van der Waals surface area contributed by atoms with Crippen molar-refractivity contribution in [2.24, 2.45) is 11.8 Å². The summed E-state index contributed by atoms with van der Waals surface area (Å²) in [7, 11) is 0. The van der Waals surface area contributed by atoms with Crippen molar-refractivity contribution in [1.29, 1.82) is 0 Å². The van der Waals surface area contributed by atoms with Crippen molar-refractivity contribution in [3.8, 4) is 0 Å². The van der Waals surface area contributed by atoms with Crippen LogP contribution in [0.2, 0.25) is 0 Å². The molecule has 1 aliphatic rings. The Balaban J connectivity index is 2.07. The van der Waals surface area contributed by atoms with Gasteiger partial charge in [0.05, 0.1) is 6.10 Å². The highest BCUT2D eigenvalue weighted by Crippen LogP contribution is 2.38. The van der Waals surface area contributed by atoms with E-state index < -0.39 is 0 Å². The van der Waals surface area contributed by atoms with Gasteiger partial charge >= 0.3 is 0 Å². The molecule has 1 aliphatic carbocycles. The van der Waals surface area contributed by atoms with Crippen LogP contribution in [0, 0.1) is 18.8 Å². The highest BCUT2D eigenvalue weighted by Gasteiger charge is 2.27. The lowest BCUT2D eigenvalue weighted by molar-refractivity contribution is 0.0713. The monoisotopic (exact) mass is 224 g/mol. The van der Waals surface area contributed by atoms with Crippen LogP contribution in [0.15, 0.2) is 11.4 Å². The van der Waals surface area contributed by atoms with E-state index in [1.807, 2.05) is 0 Å². The van der Waals surface area contributed by atoms with Crippen molar-refractivity contribution in [2.75, 3.05) is 0 Å². The third-order valence-electron chi connectivity index (χ3n) is 3.64. The molecule has 0 saturated heterocycles. The average molecular weight is 224 g/mol. The zero-order valence-electron chi connectivity index (χ0n) is 9.57. The Morgan fingerprint density at radius 3 is 2.87 bits per heavy atom. The van der Waals surface area contributed by atoms with Gasteiger partial charge in [0.15, 0.2) is 0 Å². The highest BCUT2D eigenvalue weighted by atomic mass is 32.1. The molecule has 0 amide bonds. The Kier molecular flexibility index (Phi) is 3.47. The second-order valence-electron chi connectivity index (χ2n) is 4.91. The molecule has 2 heteroatoms. The second kappa shape index (κ2) is 4.67. The van der Waals surface area contributed by atoms with Gasteiger partial charge in [0, 0.05) is 4.88 Å². The normalized spacial score (nSPS) is 29.0. The van der Waals surface area contributed by atoms with E-state index in [0.29, 0.717) is 5.92 Å². The Morgan fingerprint density at radius 2 is 2.27 bits per heavy atom. The minimum absolute atomic E-state index is 0.223. The standard InChI is InChI=1S/C13H20OS/c1-9-4-3-5-11(8-9)13(14)12-6-7-15-10(12)2/h6-7,9,11,13-14H,3-5,8H2,1-2H3. The van der Waals surface area contributed by atoms with Gasteiger partial charge in [0.25, 0.3) is 0 Å². The maximum absolute atomic E-state index is 10.3. The Hall–Kier alpha value is -0.340. The summed E-state index contributed by atoms with van der Waals surface area (Å²) >= 11 is 1.74. The molecule has 0 aliphatic heterocycles. The summed E-state index contributed by atoms with van der Waals surface area (Å²) in [5.74, 6) is 1.28. The molecule has 3 atom stereocenters. The minimum Gasteiger partial charge on any atom is -0.388 e. The van der Waals surface area contributed by atoms with Gasteiger partial charge in [-0.3, -0.25) is 0 Å². The fraction of sp³-hybridized carbons (Fsp3) is 0.692. The van der Waals surface area contributed by atoms with Crippen LogP contribution < -0.4 is 0 Å². The summed E-state index contributed by atoms with van der Waals surface area (Å²) in [6.07, 6.45) is 4.79. The molecule has 1 heterocycles. The first-order valence-corrected chi connectivity index (χ1v) is 6.78. The predicted octanol–water partition coefficient (Wildman–Crippen LogP) is 3.92. The summed E-state index contributed by atoms with van der Waals surface area (Å²) in [6.45, 7) is 4.41. The van der Waals surface area contributed by atoms with Gasteiger partial charge in [0.2, 0.25) is 0 Å². The van der Waals surface area contributed by atoms with E-state index in [1.165, 1.54) is 36.1 Å². The lowest BCUT2D eigenvalue weighted by Crippen LogP contribution is -2.20. The SMILES string of the molecule is Cc1sccc1C(O)C1CCCC(C)C1. The van der Waals surface area contributed by atoms with Crippen LogP contribution in [-0.4, -0.2) is 5.11 Å². The maximum Gasteiger partial charge on any atom is 0.0828 e. The van der Waals surface area contributed by atoms with E-state index in [9.17, 15) is 5.11 Å². The van der Waals surface area contributed by atoms with Gasteiger partial charge < -0.3 is 5.11 Å². The van der Waals surface area contributed by atoms with Crippen LogP contribution in [0.1, 0.15) is 49.2 Å². The van der Waals surface area contributed by atoms with Crippen molar-refractivity contribution in [3.63, 3.8) is 0 Å². The quantitative estimate of drug-likeness (QED) is 0.807. The molecule has 1 fully saturated rings. The average Bonchev–Trinajstić information content (AvgIpc) is 2.63. The number of aliphatic hydroxyl groups excluding tert-OH is 1. The van der Waals surface area contributed by atoms with Crippen LogP contribution in [-0.2, 0) is 0 Å². The maximum atomic E-state index is 10.3. The van der Waals surface area contributed by atoms with Crippen molar-refractivity contribution in [3.05, 3.63) is 21.9 Å². The van der Waals surface area contributed by atoms with Gasteiger partial charge in [-0.2, -0.15) is 0 Å². The fourth-order valence-corrected chi connectivity index (χ4v) is 3.47. The smallest absolute Gasteiger partial charge is 0.0828 e. The van der Waals surface area contributed by atoms with E-state index in [-0.39, 0.29) is 6.10 Å². The summed E-state index contributed by atoms with van der Waals surface area (Å²) < 4.78 is 0. The van der Waals surface area contributed by atoms with Crippen molar-refractivity contribution < 1.29 is 5.11 Å². The molecule has 0 spiro atoms. The number of hydrogen-bond acceptors (Lipinski definition) is 2. The molecule has 0 bridgehead atoms. The minimum atomic E-state index is -0.223. The third kappa shape index (κ3) is 2.43. The van der Waals surface area contributed by atoms with Crippen LogP contribution in [0.25, 0.3) is 0 Å². The van der Waals surface area contributed by atoms with Crippen LogP contribution in [0.4, 0.5) is 0 Å². The molecule has 3 unspecified atom stereocenters. The largest absolute Gasteiger partial charge is 0.388 e. The molecule has 1 nitrogen and oxygen atoms in total. The Labute approximate surface area is 96.1 Å². The molecular weight excluding hydrogens is 204 g/mol. The first kappa shape index (κ1) is 11.2. The lowest BCUT2D eigenvalue weighted by Gasteiger charge is -2.30. The molecule has 0 radical (unpaired) electrons. The number of aryl methyl sites for hydroxylation is 1. The van der Waals surface area contributed by atoms with E-state index >= 15 is 0 Å². The molecule has 15 heavy (non-hydrogen) atoms. The predicted molar refractivity (Wildman–Crippen MR) is 65.1 cm³/mol. The van der Waals surface area contributed by atoms with E-state index in [2.05, 4.69) is 25.3 Å². The molecular formula is C13H20OS. The summed E-state index contributed by atoms with van der Waals surface area (Å²) in [4.78, 5) is 1.28. The Morgan fingerprint density at radius 1 is 1.47 bits per heavy atom. The van der Waals surface area contributed by atoms with Gasteiger partial charge in [-0.1, -0.05) is 19.8 Å². The summed E-state index contributed by atoms with van der Waals surface area (Å²) in [5.41, 5.74) is 1.17. The summed E-state index contributed by atoms with van der Waals surface area (Å²) in [6, 6.07) is 2.09. The second-order valence-corrected chi connectivity index (χ2v) is 6.03. The van der Waals surface area contributed by atoms with E-state index in [4.69, 9.17) is 0 Å². The van der Waals surface area contributed by atoms with E-state index in [0.717, 1.165) is 5.92 Å². The number of rotatable bonds is 2. The number of aliphatic hydroxyl groups is 1. The highest BCUT2D eigenvalue weighted by molar-refractivity contribution is 7.10. The van der Waals surface area contributed by atoms with Gasteiger partial charge in [-0.25, -0.2) is 0 Å². The number of hydrogen-bond donors (Lipinski definition) is 1. The molecule has 0 aromatic carbocycles. The van der Waals surface area contributed by atoms with E-state index in [1.54, 1.807) is 11.3 Å². The van der Waals surface area contributed by atoms with Crippen LogP contribution >= 0.6 is 11.3 Å². The first-order chi connectivity index (χ1) is 7.18. The van der Waals surface area contributed by atoms with Crippen LogP contribution in [0.3, 0.4) is 0 Å². The van der Waals surface area contributed by atoms with Gasteiger partial charge in [-0.05, 0) is 48.6 Å². The first-order valence-electron chi connectivity index (χ1n) is 5.90. The molecule has 1 aromatic rings. The molecule has 1 saturated carbocycles. The number of thiophene rings is 1. The Bertz CT molecular complexity index is 318. The van der Waals surface area contributed by atoms with Crippen molar-refractivity contribution in [2.45, 2.75) is 45.6 Å². The van der Waals surface area contributed by atoms with Crippen molar-refractivity contribution >= 4 is 11.3 Å². The van der Waals surface area contributed by atoms with Gasteiger partial charge in [-0.15, -0.1) is 11.3 Å². The third-order valence-corrected chi connectivity index (χ3v) is 4.50. The fourth-order valence-electron chi connectivity index (χ4n) is 2.72. The molecule has 84 valence electrons. The molecule has 1 N–H and O–H groups in total. The van der Waals surface area contributed by atoms with Gasteiger partial charge in [0.1, 0.15) is 0 Å². The van der Waals surface area contributed by atoms with Crippen molar-refractivity contribution in [1.82, 2.24) is 0 Å².